The van der Waals surface area contributed by atoms with Crippen molar-refractivity contribution in [3.05, 3.63) is 36.0 Å². The number of hydrogen-bond acceptors (Lipinski definition) is 6. The fraction of sp³-hybridized carbons (Fsp3) is 0.250. The Hall–Kier alpha value is -2.61. The van der Waals surface area contributed by atoms with Gasteiger partial charge >= 0.3 is 0 Å². The Labute approximate surface area is 115 Å². The van der Waals surface area contributed by atoms with Crippen LogP contribution in [0.3, 0.4) is 0 Å². The van der Waals surface area contributed by atoms with Crippen LogP contribution in [0.2, 0.25) is 0 Å². The molecule has 0 amide bonds. The number of aromatic nitrogens is 5. The molecule has 8 heteroatoms. The molecular weight excluding hydrogens is 256 g/mol. The number of fused-ring (bicyclic) bond motifs is 1. The van der Waals surface area contributed by atoms with Crippen molar-refractivity contribution in [3.63, 3.8) is 0 Å². The van der Waals surface area contributed by atoms with Gasteiger partial charge in [-0.25, -0.2) is 15.8 Å². The van der Waals surface area contributed by atoms with E-state index in [0.717, 1.165) is 16.9 Å². The predicted octanol–water partition coefficient (Wildman–Crippen LogP) is 0.669. The van der Waals surface area contributed by atoms with Crippen molar-refractivity contribution in [2.24, 2.45) is 12.9 Å². The maximum absolute atomic E-state index is 5.43. The highest BCUT2D eigenvalue weighted by molar-refractivity contribution is 5.65. The fourth-order valence-corrected chi connectivity index (χ4v) is 2.02. The van der Waals surface area contributed by atoms with Gasteiger partial charge < -0.3 is 15.1 Å². The Morgan fingerprint density at radius 2 is 2.25 bits per heavy atom. The smallest absolute Gasteiger partial charge is 0.180 e. The third-order valence-corrected chi connectivity index (χ3v) is 3.31. The van der Waals surface area contributed by atoms with Crippen LogP contribution in [-0.4, -0.2) is 24.1 Å². The van der Waals surface area contributed by atoms with Crippen molar-refractivity contribution in [2.75, 3.05) is 10.7 Å². The van der Waals surface area contributed by atoms with Gasteiger partial charge in [0.1, 0.15) is 0 Å². The molecule has 0 fully saturated rings. The third-order valence-electron chi connectivity index (χ3n) is 3.31. The number of hydrazine groups is 1. The highest BCUT2D eigenvalue weighted by Crippen LogP contribution is 2.17. The molecule has 0 atom stereocenters. The fourth-order valence-electron chi connectivity index (χ4n) is 2.02. The van der Waals surface area contributed by atoms with Crippen molar-refractivity contribution < 1.29 is 0 Å². The van der Waals surface area contributed by atoms with Crippen LogP contribution in [0, 0.1) is 6.92 Å². The van der Waals surface area contributed by atoms with Crippen molar-refractivity contribution in [1.29, 1.82) is 0 Å². The Kier molecular flexibility index (Phi) is 2.99. The number of nitrogens with two attached hydrogens (primary N) is 1. The molecule has 0 saturated carbocycles. The van der Waals surface area contributed by atoms with Gasteiger partial charge in [0.25, 0.3) is 0 Å². The molecule has 0 aliphatic heterocycles. The molecule has 20 heavy (non-hydrogen) atoms. The number of aryl methyl sites for hydroxylation is 1. The highest BCUT2D eigenvalue weighted by atomic mass is 15.3. The van der Waals surface area contributed by atoms with Crippen LogP contribution in [0.25, 0.3) is 5.65 Å². The lowest BCUT2D eigenvalue weighted by Crippen LogP contribution is -2.12. The molecule has 3 rings (SSSR count). The summed E-state index contributed by atoms with van der Waals surface area (Å²) in [4.78, 5) is 8.67. The lowest BCUT2D eigenvalue weighted by Gasteiger charge is -2.09. The number of imidazole rings is 1. The normalized spacial score (nSPS) is 10.9. The second-order valence-electron chi connectivity index (χ2n) is 4.51. The van der Waals surface area contributed by atoms with Crippen molar-refractivity contribution >= 4 is 17.3 Å². The molecule has 4 N–H and O–H groups in total. The largest absolute Gasteiger partial charge is 0.363 e. The molecule has 3 heterocycles. The number of nitrogens with one attached hydrogen (secondary N) is 2. The van der Waals surface area contributed by atoms with E-state index >= 15 is 0 Å². The first-order valence-corrected chi connectivity index (χ1v) is 6.20. The molecule has 0 aromatic carbocycles. The predicted molar refractivity (Wildman–Crippen MR) is 76.1 cm³/mol. The van der Waals surface area contributed by atoms with E-state index in [1.807, 2.05) is 35.4 Å². The molecule has 0 aliphatic carbocycles. The van der Waals surface area contributed by atoms with Gasteiger partial charge in [-0.05, 0) is 6.92 Å². The first-order valence-electron chi connectivity index (χ1n) is 6.20. The minimum atomic E-state index is 0.570. The van der Waals surface area contributed by atoms with E-state index in [-0.39, 0.29) is 0 Å². The molecular formula is C12H16N8. The highest BCUT2D eigenvalue weighted by Gasteiger charge is 2.09. The van der Waals surface area contributed by atoms with Crippen LogP contribution in [-0.2, 0) is 13.6 Å². The minimum absolute atomic E-state index is 0.570. The average Bonchev–Trinajstić information content (AvgIpc) is 3.05. The summed E-state index contributed by atoms with van der Waals surface area (Å²) in [6.45, 7) is 2.66. The molecule has 0 saturated heterocycles. The Morgan fingerprint density at radius 1 is 1.40 bits per heavy atom. The summed E-state index contributed by atoms with van der Waals surface area (Å²) < 4.78 is 3.70. The zero-order valence-electron chi connectivity index (χ0n) is 11.3. The summed E-state index contributed by atoms with van der Waals surface area (Å²) in [6, 6.07) is 0. The van der Waals surface area contributed by atoms with Gasteiger partial charge in [-0.1, -0.05) is 0 Å². The van der Waals surface area contributed by atoms with Gasteiger partial charge in [0.2, 0.25) is 0 Å². The molecule has 0 radical (unpaired) electrons. The van der Waals surface area contributed by atoms with Crippen LogP contribution in [0.15, 0.2) is 24.8 Å². The summed E-state index contributed by atoms with van der Waals surface area (Å²) >= 11 is 0. The van der Waals surface area contributed by atoms with E-state index in [4.69, 9.17) is 5.84 Å². The lowest BCUT2D eigenvalue weighted by molar-refractivity contribution is 0.738. The molecule has 104 valence electrons. The van der Waals surface area contributed by atoms with Gasteiger partial charge in [0, 0.05) is 37.2 Å². The number of anilines is 2. The molecule has 0 bridgehead atoms. The summed E-state index contributed by atoms with van der Waals surface area (Å²) in [5, 5.41) is 7.49. The summed E-state index contributed by atoms with van der Waals surface area (Å²) in [5.41, 5.74) is 5.53. The standard InChI is InChI=1S/C12H16N8/c1-8-9(6-16-19(8)2)5-15-11-12-14-3-4-20(12)7-10(17-11)18-13/h3-4,6-7,18H,5,13H2,1-2H3,(H,15,17). The minimum Gasteiger partial charge on any atom is -0.363 e. The van der Waals surface area contributed by atoms with Crippen LogP contribution >= 0.6 is 0 Å². The quantitative estimate of drug-likeness (QED) is 0.477. The molecule has 0 unspecified atom stereocenters. The second-order valence-corrected chi connectivity index (χ2v) is 4.51. The van der Waals surface area contributed by atoms with Crippen molar-refractivity contribution in [3.8, 4) is 0 Å². The van der Waals surface area contributed by atoms with Gasteiger partial charge in [-0.2, -0.15) is 5.10 Å². The maximum Gasteiger partial charge on any atom is 0.180 e. The van der Waals surface area contributed by atoms with Crippen LogP contribution in [0.5, 0.6) is 0 Å². The molecule has 8 nitrogen and oxygen atoms in total. The van der Waals surface area contributed by atoms with Crippen LogP contribution in [0.1, 0.15) is 11.3 Å². The zero-order valence-corrected chi connectivity index (χ0v) is 11.3. The second kappa shape index (κ2) is 4.82. The van der Waals surface area contributed by atoms with Gasteiger partial charge in [-0.15, -0.1) is 0 Å². The first-order chi connectivity index (χ1) is 9.69. The molecule has 3 aromatic heterocycles. The first kappa shape index (κ1) is 12.4. The SMILES string of the molecule is Cc1c(CNc2nc(NN)cn3ccnc23)cnn1C. The number of nitrogen functional groups attached to an aromatic ring is 1. The van der Waals surface area contributed by atoms with Gasteiger partial charge in [0.15, 0.2) is 17.3 Å². The molecule has 0 spiro atoms. The van der Waals surface area contributed by atoms with E-state index in [1.165, 1.54) is 0 Å². The van der Waals surface area contributed by atoms with Crippen LogP contribution in [0.4, 0.5) is 11.6 Å². The van der Waals surface area contributed by atoms with E-state index in [2.05, 4.69) is 25.8 Å². The summed E-state index contributed by atoms with van der Waals surface area (Å²) in [7, 11) is 1.92. The van der Waals surface area contributed by atoms with E-state index < -0.39 is 0 Å². The lowest BCUT2D eigenvalue weighted by atomic mass is 10.2. The Morgan fingerprint density at radius 3 is 2.95 bits per heavy atom. The third kappa shape index (κ3) is 2.05. The Bertz CT molecular complexity index is 741. The average molecular weight is 272 g/mol. The summed E-state index contributed by atoms with van der Waals surface area (Å²) in [6.07, 6.45) is 7.19. The summed E-state index contributed by atoms with van der Waals surface area (Å²) in [5.74, 6) is 6.67. The van der Waals surface area contributed by atoms with Crippen molar-refractivity contribution in [1.82, 2.24) is 24.1 Å². The van der Waals surface area contributed by atoms with E-state index in [1.54, 1.807) is 12.4 Å². The monoisotopic (exact) mass is 272 g/mol. The molecule has 0 aliphatic rings. The number of nitrogens with zero attached hydrogens (tertiary/aromatic N) is 5. The van der Waals surface area contributed by atoms with Gasteiger partial charge in [-0.3, -0.25) is 4.68 Å². The topological polar surface area (TPSA) is 98.1 Å². The zero-order chi connectivity index (χ0) is 14.1. The Balaban J connectivity index is 1.90. The van der Waals surface area contributed by atoms with E-state index in [0.29, 0.717) is 18.2 Å². The number of hydrogen-bond donors (Lipinski definition) is 3. The molecule has 3 aromatic rings. The maximum atomic E-state index is 5.43. The number of rotatable bonds is 4. The van der Waals surface area contributed by atoms with Crippen molar-refractivity contribution in [2.45, 2.75) is 13.5 Å². The van der Waals surface area contributed by atoms with Gasteiger partial charge in [0.05, 0.1) is 12.4 Å². The van der Waals surface area contributed by atoms with E-state index in [9.17, 15) is 0 Å². The van der Waals surface area contributed by atoms with Crippen LogP contribution < -0.4 is 16.6 Å².